The van der Waals surface area contributed by atoms with Crippen molar-refractivity contribution in [3.05, 3.63) is 97.2 Å². The first-order chi connectivity index (χ1) is 33.5. The molecule has 10 heteroatoms. The average Bonchev–Trinajstić information content (AvgIpc) is 3.31. The Labute approximate surface area is 423 Å². The third-order valence-electron chi connectivity index (χ3n) is 11.4. The third kappa shape index (κ3) is 54.1. The van der Waals surface area contributed by atoms with Crippen LogP contribution in [0.15, 0.2) is 97.2 Å². The Morgan fingerprint density at radius 2 is 0.826 bits per heavy atom. The lowest BCUT2D eigenvalue weighted by molar-refractivity contribution is -0.870. The summed E-state index contributed by atoms with van der Waals surface area (Å²) in [5, 5.41) is 0. The summed E-state index contributed by atoms with van der Waals surface area (Å²) in [6.45, 7) is 4.07. The molecule has 0 aliphatic carbocycles. The summed E-state index contributed by atoms with van der Waals surface area (Å²) in [5.74, 6) is -0.843. The third-order valence-corrected chi connectivity index (χ3v) is 12.3. The molecule has 0 aromatic carbocycles. The van der Waals surface area contributed by atoms with Crippen molar-refractivity contribution in [1.82, 2.24) is 0 Å². The Kier molecular flexibility index (Phi) is 47.7. The van der Waals surface area contributed by atoms with Crippen molar-refractivity contribution in [3.8, 4) is 0 Å². The second kappa shape index (κ2) is 49.9. The Balaban J connectivity index is 4.00. The molecule has 0 radical (unpaired) electrons. The Hall–Kier alpha value is -3.07. The number of likely N-dealkylation sites (N-methyl/N-ethyl adjacent to an activating group) is 1. The first-order valence-electron chi connectivity index (χ1n) is 27.4. The highest BCUT2D eigenvalue weighted by Crippen LogP contribution is 2.38. The summed E-state index contributed by atoms with van der Waals surface area (Å²) >= 11 is 0. The summed E-state index contributed by atoms with van der Waals surface area (Å²) in [7, 11) is 1.16. The molecule has 2 unspecified atom stereocenters. The van der Waals surface area contributed by atoms with Gasteiger partial charge in [-0.1, -0.05) is 220 Å². The molecule has 0 aliphatic rings. The zero-order valence-corrected chi connectivity index (χ0v) is 45.6. The Morgan fingerprint density at radius 1 is 0.464 bits per heavy atom. The maximum atomic E-state index is 12.7. The van der Waals surface area contributed by atoms with E-state index in [9.17, 15) is 19.0 Å². The van der Waals surface area contributed by atoms with Crippen molar-refractivity contribution in [2.75, 3.05) is 47.5 Å². The average molecular weight is 984 g/mol. The number of nitrogens with zero attached hydrogens (tertiary/aromatic N) is 1. The van der Waals surface area contributed by atoms with E-state index in [1.54, 1.807) is 0 Å². The molecule has 9 nitrogen and oxygen atoms in total. The number of carbonyl (C=O) groups excluding carboxylic acids is 2. The van der Waals surface area contributed by atoms with E-state index in [2.05, 4.69) is 111 Å². The summed E-state index contributed by atoms with van der Waals surface area (Å²) in [6, 6.07) is 0. The van der Waals surface area contributed by atoms with E-state index >= 15 is 0 Å². The fourth-order valence-corrected chi connectivity index (χ4v) is 7.87. The van der Waals surface area contributed by atoms with Crippen LogP contribution in [0.3, 0.4) is 0 Å². The molecule has 0 spiro atoms. The van der Waals surface area contributed by atoms with Gasteiger partial charge >= 0.3 is 11.9 Å². The van der Waals surface area contributed by atoms with Crippen LogP contribution in [0.4, 0.5) is 0 Å². The van der Waals surface area contributed by atoms with Crippen LogP contribution in [0.25, 0.3) is 0 Å². The summed E-state index contributed by atoms with van der Waals surface area (Å²) in [6.07, 6.45) is 67.6. The lowest BCUT2D eigenvalue weighted by Gasteiger charge is -2.28. The summed E-state index contributed by atoms with van der Waals surface area (Å²) in [4.78, 5) is 37.5. The lowest BCUT2D eigenvalue weighted by Crippen LogP contribution is -2.37. The van der Waals surface area contributed by atoms with Gasteiger partial charge in [0.05, 0.1) is 27.7 Å². The topological polar surface area (TPSA) is 111 Å². The van der Waals surface area contributed by atoms with Gasteiger partial charge < -0.3 is 27.9 Å². The molecule has 0 N–H and O–H groups in total. The molecule has 396 valence electrons. The highest BCUT2D eigenvalue weighted by Gasteiger charge is 2.21. The van der Waals surface area contributed by atoms with E-state index in [-0.39, 0.29) is 26.1 Å². The second-order valence-electron chi connectivity index (χ2n) is 19.2. The zero-order chi connectivity index (χ0) is 50.6. The number of phosphoric acid groups is 1. The largest absolute Gasteiger partial charge is 0.756 e. The highest BCUT2D eigenvalue weighted by molar-refractivity contribution is 7.45. The first-order valence-corrected chi connectivity index (χ1v) is 28.9. The highest BCUT2D eigenvalue weighted by atomic mass is 31.2. The van der Waals surface area contributed by atoms with E-state index in [4.69, 9.17) is 18.5 Å². The molecule has 0 saturated carbocycles. The molecule has 0 fully saturated rings. The van der Waals surface area contributed by atoms with E-state index in [1.165, 1.54) is 89.9 Å². The SMILES string of the molecule is CC/C=C\C/C=C\C/C=C\C/C=C\C/C=C\C/C=C\C/C=C\C/C=C\CCCCCCCCCCCCCCC(=O)OC(COC(=O)CCCCCCCCCC)COP(=O)([O-])OCC[N+](C)(C)C. The van der Waals surface area contributed by atoms with E-state index in [0.29, 0.717) is 17.4 Å². The van der Waals surface area contributed by atoms with Gasteiger partial charge in [-0.3, -0.25) is 14.2 Å². The summed E-state index contributed by atoms with van der Waals surface area (Å²) in [5.41, 5.74) is 0. The molecular formula is C59H102NO8P. The van der Waals surface area contributed by atoms with Crippen molar-refractivity contribution in [2.24, 2.45) is 0 Å². The quantitative estimate of drug-likeness (QED) is 0.0195. The van der Waals surface area contributed by atoms with Crippen molar-refractivity contribution in [1.29, 1.82) is 0 Å². The van der Waals surface area contributed by atoms with Crippen LogP contribution in [0.2, 0.25) is 0 Å². The van der Waals surface area contributed by atoms with Crippen molar-refractivity contribution in [3.63, 3.8) is 0 Å². The number of unbranched alkanes of at least 4 members (excludes halogenated alkanes) is 19. The Bertz CT molecular complexity index is 1490. The molecule has 0 rings (SSSR count). The van der Waals surface area contributed by atoms with Gasteiger partial charge in [0.15, 0.2) is 6.10 Å². The van der Waals surface area contributed by atoms with E-state index in [1.807, 2.05) is 21.1 Å². The van der Waals surface area contributed by atoms with E-state index < -0.39 is 32.5 Å². The van der Waals surface area contributed by atoms with Crippen LogP contribution in [-0.2, 0) is 32.7 Å². The minimum atomic E-state index is -4.63. The van der Waals surface area contributed by atoms with Gasteiger partial charge in [-0.15, -0.1) is 0 Å². The van der Waals surface area contributed by atoms with Crippen LogP contribution in [0.1, 0.15) is 213 Å². The van der Waals surface area contributed by atoms with Gasteiger partial charge in [0.1, 0.15) is 19.8 Å². The number of hydrogen-bond acceptors (Lipinski definition) is 8. The molecule has 0 aromatic rings. The van der Waals surface area contributed by atoms with Gasteiger partial charge in [-0.2, -0.15) is 0 Å². The van der Waals surface area contributed by atoms with Crippen molar-refractivity contribution < 1.29 is 42.1 Å². The zero-order valence-electron chi connectivity index (χ0n) is 44.7. The first kappa shape index (κ1) is 65.9. The standard InChI is InChI=1S/C59H102NO8P/c1-6-8-10-12-14-16-17-18-19-20-21-22-23-24-25-26-27-28-29-30-31-32-33-34-35-36-37-38-39-40-41-42-43-44-46-48-50-52-59(62)68-57(56-67-69(63,64)66-54-53-60(3,4)5)55-65-58(61)51-49-47-45-15-13-11-9-7-2/h8,10,14,16,18-19,21-22,24-25,27-28,30-31,33-34,57H,6-7,9,11-13,15,17,20,23,26,29,32,35-56H2,1-5H3/b10-8-,16-14-,19-18-,22-21-,25-24-,28-27-,31-30-,34-33-. The normalized spacial score (nSPS) is 14.1. The number of hydrogen-bond donors (Lipinski definition) is 0. The van der Waals surface area contributed by atoms with Crippen LogP contribution < -0.4 is 4.89 Å². The van der Waals surface area contributed by atoms with Gasteiger partial charge in [-0.25, -0.2) is 0 Å². The van der Waals surface area contributed by atoms with Gasteiger partial charge in [0.2, 0.25) is 0 Å². The number of rotatable bonds is 49. The molecule has 0 bridgehead atoms. The van der Waals surface area contributed by atoms with Crippen LogP contribution in [0.5, 0.6) is 0 Å². The predicted octanol–water partition coefficient (Wildman–Crippen LogP) is 16.2. The lowest BCUT2D eigenvalue weighted by atomic mass is 10.0. The number of ether oxygens (including phenoxy) is 2. The molecule has 0 amide bonds. The van der Waals surface area contributed by atoms with Gasteiger partial charge in [0, 0.05) is 12.8 Å². The van der Waals surface area contributed by atoms with Crippen LogP contribution in [0, 0.1) is 0 Å². The molecule has 69 heavy (non-hydrogen) atoms. The number of phosphoric ester groups is 1. The molecule has 0 heterocycles. The number of carbonyl (C=O) groups is 2. The Morgan fingerprint density at radius 3 is 1.23 bits per heavy atom. The van der Waals surface area contributed by atoms with Crippen molar-refractivity contribution >= 4 is 19.8 Å². The number of esters is 2. The van der Waals surface area contributed by atoms with Crippen LogP contribution >= 0.6 is 7.82 Å². The number of allylic oxidation sites excluding steroid dienone is 16. The minimum Gasteiger partial charge on any atom is -0.756 e. The van der Waals surface area contributed by atoms with Crippen molar-refractivity contribution in [2.45, 2.75) is 219 Å². The fourth-order valence-electron chi connectivity index (χ4n) is 7.14. The molecule has 0 aliphatic heterocycles. The molecule has 0 aromatic heterocycles. The van der Waals surface area contributed by atoms with Gasteiger partial charge in [0.25, 0.3) is 7.82 Å². The predicted molar refractivity (Wildman–Crippen MR) is 291 cm³/mol. The van der Waals surface area contributed by atoms with Gasteiger partial charge in [-0.05, 0) is 77.0 Å². The fraction of sp³-hybridized carbons (Fsp3) is 0.695. The van der Waals surface area contributed by atoms with E-state index in [0.717, 1.165) is 89.9 Å². The number of quaternary nitrogens is 1. The summed E-state index contributed by atoms with van der Waals surface area (Å²) < 4.78 is 33.9. The maximum absolute atomic E-state index is 12.7. The molecule has 2 atom stereocenters. The molecule has 0 saturated heterocycles. The maximum Gasteiger partial charge on any atom is 0.306 e. The monoisotopic (exact) mass is 984 g/mol. The minimum absolute atomic E-state index is 0.0336. The second-order valence-corrected chi connectivity index (χ2v) is 20.6. The molecular weight excluding hydrogens is 882 g/mol. The van der Waals surface area contributed by atoms with Crippen LogP contribution in [-0.4, -0.2) is 70.0 Å². The smallest absolute Gasteiger partial charge is 0.306 e.